The first-order chi connectivity index (χ1) is 8.06. The lowest BCUT2D eigenvalue weighted by molar-refractivity contribution is 0.154. The van der Waals surface area contributed by atoms with Gasteiger partial charge < -0.3 is 5.11 Å². The van der Waals surface area contributed by atoms with Crippen molar-refractivity contribution in [1.82, 2.24) is 0 Å². The fourth-order valence-electron chi connectivity index (χ4n) is 1.78. The minimum Gasteiger partial charge on any atom is -0.388 e. The number of unbranched alkanes of at least 4 members (excludes halogenated alkanes) is 3. The molecule has 1 nitrogen and oxygen atoms in total. The van der Waals surface area contributed by atoms with Crippen LogP contribution in [-0.4, -0.2) is 5.11 Å². The van der Waals surface area contributed by atoms with E-state index in [0.717, 1.165) is 25.7 Å². The predicted molar refractivity (Wildman–Crippen MR) is 67.8 cm³/mol. The van der Waals surface area contributed by atoms with Crippen LogP contribution < -0.4 is 0 Å². The van der Waals surface area contributed by atoms with E-state index in [1.54, 1.807) is 0 Å². The zero-order valence-electron chi connectivity index (χ0n) is 9.85. The molecular weight excluding hydrogens is 290 g/mol. The molecule has 0 saturated heterocycles. The van der Waals surface area contributed by atoms with E-state index in [1.807, 2.05) is 0 Å². The summed E-state index contributed by atoms with van der Waals surface area (Å²) in [7, 11) is 0. The van der Waals surface area contributed by atoms with E-state index >= 15 is 0 Å². The lowest BCUT2D eigenvalue weighted by atomic mass is 10.0. The molecule has 0 saturated carbocycles. The summed E-state index contributed by atoms with van der Waals surface area (Å²) in [5.74, 6) is -1.39. The lowest BCUT2D eigenvalue weighted by Gasteiger charge is -2.13. The summed E-state index contributed by atoms with van der Waals surface area (Å²) in [6.07, 6.45) is 3.28. The number of halogens is 3. The van der Waals surface area contributed by atoms with Crippen molar-refractivity contribution in [3.05, 3.63) is 33.8 Å². The molecule has 1 atom stereocenters. The van der Waals surface area contributed by atoms with Crippen LogP contribution >= 0.6 is 15.9 Å². The molecule has 1 aromatic rings. The SMILES string of the molecule is CCCCCCC(O)c1c(F)cc(Br)cc1F. The molecular formula is C13H17BrF2O. The average molecular weight is 307 g/mol. The third-order valence-electron chi connectivity index (χ3n) is 2.71. The van der Waals surface area contributed by atoms with Gasteiger partial charge in [-0.15, -0.1) is 0 Å². The fourth-order valence-corrected chi connectivity index (χ4v) is 2.18. The first-order valence-corrected chi connectivity index (χ1v) is 6.68. The zero-order valence-corrected chi connectivity index (χ0v) is 11.4. The van der Waals surface area contributed by atoms with Crippen molar-refractivity contribution in [3.63, 3.8) is 0 Å². The van der Waals surface area contributed by atoms with Crippen LogP contribution in [0.5, 0.6) is 0 Å². The number of aliphatic hydroxyl groups is 1. The summed E-state index contributed by atoms with van der Waals surface area (Å²) >= 11 is 3.01. The van der Waals surface area contributed by atoms with Crippen molar-refractivity contribution >= 4 is 15.9 Å². The summed E-state index contributed by atoms with van der Waals surface area (Å²) < 4.78 is 27.4. The van der Waals surface area contributed by atoms with Gasteiger partial charge in [0.1, 0.15) is 11.6 Å². The summed E-state index contributed by atoms with van der Waals surface area (Å²) in [4.78, 5) is 0. The molecule has 1 rings (SSSR count). The Morgan fingerprint density at radius 3 is 2.29 bits per heavy atom. The van der Waals surface area contributed by atoms with Crippen molar-refractivity contribution in [3.8, 4) is 0 Å². The van der Waals surface area contributed by atoms with Crippen molar-refractivity contribution < 1.29 is 13.9 Å². The molecule has 1 aromatic carbocycles. The molecule has 4 heteroatoms. The van der Waals surface area contributed by atoms with Gasteiger partial charge in [0.2, 0.25) is 0 Å². The Balaban J connectivity index is 2.65. The number of benzene rings is 1. The van der Waals surface area contributed by atoms with E-state index in [4.69, 9.17) is 0 Å². The molecule has 1 unspecified atom stereocenters. The average Bonchev–Trinajstić information content (AvgIpc) is 2.23. The highest BCUT2D eigenvalue weighted by Gasteiger charge is 2.18. The second-order valence-electron chi connectivity index (χ2n) is 4.15. The zero-order chi connectivity index (χ0) is 12.8. The van der Waals surface area contributed by atoms with E-state index in [2.05, 4.69) is 22.9 Å². The number of hydrogen-bond acceptors (Lipinski definition) is 1. The van der Waals surface area contributed by atoms with Crippen molar-refractivity contribution in [1.29, 1.82) is 0 Å². The normalized spacial score (nSPS) is 12.8. The minimum atomic E-state index is -1.06. The maximum atomic E-state index is 13.5. The molecule has 0 fully saturated rings. The van der Waals surface area contributed by atoms with E-state index in [0.29, 0.717) is 10.9 Å². The Hall–Kier alpha value is -0.480. The molecule has 17 heavy (non-hydrogen) atoms. The Morgan fingerprint density at radius 1 is 1.18 bits per heavy atom. The Morgan fingerprint density at radius 2 is 1.76 bits per heavy atom. The van der Waals surface area contributed by atoms with Crippen LogP contribution in [0.1, 0.15) is 50.7 Å². The van der Waals surface area contributed by atoms with Crippen molar-refractivity contribution in [2.45, 2.75) is 45.1 Å². The molecule has 0 amide bonds. The van der Waals surface area contributed by atoms with Gasteiger partial charge in [-0.05, 0) is 18.6 Å². The second-order valence-corrected chi connectivity index (χ2v) is 5.06. The van der Waals surface area contributed by atoms with Crippen molar-refractivity contribution in [2.75, 3.05) is 0 Å². The van der Waals surface area contributed by atoms with Crippen LogP contribution in [0.25, 0.3) is 0 Å². The van der Waals surface area contributed by atoms with Gasteiger partial charge in [-0.1, -0.05) is 48.5 Å². The third kappa shape index (κ3) is 4.36. The highest BCUT2D eigenvalue weighted by molar-refractivity contribution is 9.10. The van der Waals surface area contributed by atoms with Gasteiger partial charge in [0.25, 0.3) is 0 Å². The lowest BCUT2D eigenvalue weighted by Crippen LogP contribution is -2.04. The van der Waals surface area contributed by atoms with Gasteiger partial charge >= 0.3 is 0 Å². The van der Waals surface area contributed by atoms with Gasteiger partial charge in [0.15, 0.2) is 0 Å². The van der Waals surface area contributed by atoms with Crippen LogP contribution in [0, 0.1) is 11.6 Å². The molecule has 0 aliphatic heterocycles. The van der Waals surface area contributed by atoms with Crippen LogP contribution in [0.15, 0.2) is 16.6 Å². The standard InChI is InChI=1S/C13H17BrF2O/c1-2-3-4-5-6-12(17)13-10(15)7-9(14)8-11(13)16/h7-8,12,17H,2-6H2,1H3. The topological polar surface area (TPSA) is 20.2 Å². The first-order valence-electron chi connectivity index (χ1n) is 5.88. The largest absolute Gasteiger partial charge is 0.388 e. The van der Waals surface area contributed by atoms with Crippen LogP contribution in [-0.2, 0) is 0 Å². The molecule has 1 N–H and O–H groups in total. The predicted octanol–water partition coefficient (Wildman–Crippen LogP) is 4.73. The van der Waals surface area contributed by atoms with Crippen molar-refractivity contribution in [2.24, 2.45) is 0 Å². The Bertz CT molecular complexity index is 345. The van der Waals surface area contributed by atoms with Gasteiger partial charge in [0, 0.05) is 4.47 Å². The summed E-state index contributed by atoms with van der Waals surface area (Å²) in [5, 5.41) is 9.78. The maximum absolute atomic E-state index is 13.5. The van der Waals surface area contributed by atoms with E-state index in [9.17, 15) is 13.9 Å². The second kappa shape index (κ2) is 7.07. The summed E-state index contributed by atoms with van der Waals surface area (Å²) in [6, 6.07) is 2.35. The molecule has 0 aromatic heterocycles. The fraction of sp³-hybridized carbons (Fsp3) is 0.538. The van der Waals surface area contributed by atoms with E-state index in [-0.39, 0.29) is 5.56 Å². The van der Waals surface area contributed by atoms with Gasteiger partial charge in [-0.3, -0.25) is 0 Å². The molecule has 0 spiro atoms. The molecule has 96 valence electrons. The summed E-state index contributed by atoms with van der Waals surface area (Å²) in [6.45, 7) is 2.09. The summed E-state index contributed by atoms with van der Waals surface area (Å²) in [5.41, 5.74) is -0.218. The maximum Gasteiger partial charge on any atom is 0.133 e. The van der Waals surface area contributed by atoms with Gasteiger partial charge in [-0.2, -0.15) is 0 Å². The van der Waals surface area contributed by atoms with Crippen LogP contribution in [0.2, 0.25) is 0 Å². The first kappa shape index (κ1) is 14.6. The highest BCUT2D eigenvalue weighted by Crippen LogP contribution is 2.28. The van der Waals surface area contributed by atoms with E-state index < -0.39 is 17.7 Å². The van der Waals surface area contributed by atoms with Crippen LogP contribution in [0.3, 0.4) is 0 Å². The number of hydrogen-bond donors (Lipinski definition) is 1. The Labute approximate surface area is 109 Å². The van der Waals surface area contributed by atoms with Crippen LogP contribution in [0.4, 0.5) is 8.78 Å². The smallest absolute Gasteiger partial charge is 0.133 e. The minimum absolute atomic E-state index is 0.218. The van der Waals surface area contributed by atoms with E-state index in [1.165, 1.54) is 12.1 Å². The number of aliphatic hydroxyl groups excluding tert-OH is 1. The quantitative estimate of drug-likeness (QED) is 0.753. The molecule has 0 aliphatic carbocycles. The van der Waals surface area contributed by atoms with Gasteiger partial charge in [0.05, 0.1) is 11.7 Å². The molecule has 0 heterocycles. The Kier molecular flexibility index (Phi) is 6.06. The molecule has 0 bridgehead atoms. The number of rotatable bonds is 6. The van der Waals surface area contributed by atoms with Gasteiger partial charge in [-0.25, -0.2) is 8.78 Å². The molecule has 0 radical (unpaired) electrons. The molecule has 0 aliphatic rings. The monoisotopic (exact) mass is 306 g/mol. The third-order valence-corrected chi connectivity index (χ3v) is 3.17. The highest BCUT2D eigenvalue weighted by atomic mass is 79.9.